The van der Waals surface area contributed by atoms with Crippen molar-refractivity contribution in [1.82, 2.24) is 102 Å². The van der Waals surface area contributed by atoms with Crippen LogP contribution in [0.15, 0.2) is 88.7 Å². The zero-order valence-electron chi connectivity index (χ0n) is 65.7. The molecule has 0 spiro atoms. The molecule has 0 aromatic carbocycles. The summed E-state index contributed by atoms with van der Waals surface area (Å²) in [6.07, 6.45) is -0.141. The molecule has 20 N–H and O–H groups in total. The molecule has 24 atom stereocenters. The molecule has 0 saturated carbocycles. The lowest BCUT2D eigenvalue weighted by Gasteiger charge is -2.27. The molecular formula is C63H75N27O27P6S6. The number of aromatic amines is 3. The lowest BCUT2D eigenvalue weighted by Crippen LogP contribution is -2.29. The highest BCUT2D eigenvalue weighted by Crippen LogP contribution is 2.61. The van der Waals surface area contributed by atoms with Crippen LogP contribution in [-0.4, -0.2) is 240 Å². The molecule has 9 aliphatic rings. The van der Waals surface area contributed by atoms with Crippen LogP contribution in [0, 0.1) is 0 Å². The Bertz CT molecular complexity index is 6240. The topological polar surface area (TPSA) is 722 Å². The van der Waals surface area contributed by atoms with Gasteiger partial charge in [-0.15, -0.1) is 0 Å². The average Bonchev–Trinajstić information content (AvgIpc) is 1.60. The van der Waals surface area contributed by atoms with Gasteiger partial charge in [-0.2, -0.15) is 30.2 Å². The van der Waals surface area contributed by atoms with E-state index in [9.17, 15) is 43.4 Å². The van der Waals surface area contributed by atoms with Crippen LogP contribution in [0.1, 0.15) is 92.6 Å². The molecule has 0 aliphatic carbocycles. The van der Waals surface area contributed by atoms with Gasteiger partial charge in [0.2, 0.25) is 17.8 Å². The summed E-state index contributed by atoms with van der Waals surface area (Å²) in [5.41, 5.74) is 38.5. The number of nitrogens with two attached hydrogens (primary N) is 6. The van der Waals surface area contributed by atoms with E-state index < -0.39 is 167 Å². The third-order valence-corrected chi connectivity index (χ3v) is 31.2. The summed E-state index contributed by atoms with van der Waals surface area (Å²) in [6, 6.07) is 4.88. The second-order valence-electron chi connectivity index (χ2n) is 30.2. The lowest BCUT2D eigenvalue weighted by molar-refractivity contribution is -0.0550. The smallest absolute Gasteiger partial charge is 0.386 e. The van der Waals surface area contributed by atoms with Gasteiger partial charge in [0, 0.05) is 38.5 Å². The molecule has 21 heterocycles. The standard InChI is InChI=1S/3C21H25N9O9P2S2/c3*22-10-1-2-26-30-11(5-24-17(10)30)12-4-13-15(37-12)7-35-41(33,43)39-14-3-9(6-34-40(32,42)38-13)36-20(14)29-8-25-16-18(29)27-21(23)28-19(16)31/h3*1-2,5,8-9,12-15,20H,3-4,6-7,22H2,(H,32,42)(H,33,43)(H3,23,27,28,31)/t3*9-,12+,13-,14+,15+,20+,40?,41?/m000/s1. The van der Waals surface area contributed by atoms with Gasteiger partial charge in [0.05, 0.1) is 167 Å². The Morgan fingerprint density at radius 3 is 0.953 bits per heavy atom. The van der Waals surface area contributed by atoms with Gasteiger partial charge in [-0.1, -0.05) is 12.2 Å². The second kappa shape index (κ2) is 35.5. The van der Waals surface area contributed by atoms with Crippen LogP contribution in [0.5, 0.6) is 0 Å². The molecule has 9 aliphatic heterocycles. The molecule has 12 aromatic rings. The van der Waals surface area contributed by atoms with Gasteiger partial charge in [-0.3, -0.25) is 52.1 Å². The number of fused-ring (bicyclic) bond motifs is 15. The minimum Gasteiger partial charge on any atom is -0.396 e. The van der Waals surface area contributed by atoms with E-state index in [2.05, 4.69) is 87.4 Å². The van der Waals surface area contributed by atoms with Gasteiger partial charge in [-0.25, -0.2) is 48.0 Å². The maximum atomic E-state index is 13.5. The fraction of sp³-hybridized carbons (Fsp3) is 0.476. The lowest BCUT2D eigenvalue weighted by atomic mass is 10.1. The number of nitrogen functional groups attached to an aromatic ring is 6. The molecule has 54 nitrogen and oxygen atoms in total. The number of nitrogens with zero attached hydrogens (tertiary/aromatic N) is 18. The number of anilines is 6. The van der Waals surface area contributed by atoms with Crippen LogP contribution in [0.25, 0.3) is 50.4 Å². The minimum atomic E-state index is -4.06. The Balaban J connectivity index is 0.000000126. The average molecular weight is 2020 g/mol. The molecule has 129 heavy (non-hydrogen) atoms. The van der Waals surface area contributed by atoms with Gasteiger partial charge >= 0.3 is 40.4 Å². The van der Waals surface area contributed by atoms with Crippen LogP contribution in [0.3, 0.4) is 0 Å². The minimum absolute atomic E-state index is 0.0121. The van der Waals surface area contributed by atoms with Crippen LogP contribution < -0.4 is 51.1 Å². The van der Waals surface area contributed by atoms with E-state index in [4.69, 9.17) is 176 Å². The van der Waals surface area contributed by atoms with Crippen molar-refractivity contribution in [2.24, 2.45) is 0 Å². The van der Waals surface area contributed by atoms with E-state index in [1.807, 2.05) is 0 Å². The Labute approximate surface area is 751 Å². The number of thiol groups is 1. The zero-order chi connectivity index (χ0) is 90.3. The Morgan fingerprint density at radius 1 is 0.364 bits per heavy atom. The van der Waals surface area contributed by atoms with E-state index in [0.717, 1.165) is 0 Å². The van der Waals surface area contributed by atoms with Crippen LogP contribution in [0.2, 0.25) is 0 Å². The van der Waals surface area contributed by atoms with Gasteiger partial charge < -0.3 is 133 Å². The number of rotatable bonds is 6. The first-order chi connectivity index (χ1) is 61.4. The number of nitrogens with one attached hydrogen (secondary N) is 3. The highest BCUT2D eigenvalue weighted by atomic mass is 32.7. The van der Waals surface area contributed by atoms with E-state index in [-0.39, 0.29) is 130 Å². The van der Waals surface area contributed by atoms with Crippen molar-refractivity contribution in [2.45, 2.75) is 149 Å². The quantitative estimate of drug-likeness (QED) is 0.0836. The van der Waals surface area contributed by atoms with Crippen molar-refractivity contribution < 1.29 is 112 Å². The molecular weight excluding hydrogens is 1950 g/mol. The fourth-order valence-electron chi connectivity index (χ4n) is 16.1. The summed E-state index contributed by atoms with van der Waals surface area (Å²) in [7, 11) is 0. The molecule has 9 fully saturated rings. The molecule has 0 amide bonds. The monoisotopic (exact) mass is 2020 g/mol. The van der Waals surface area contributed by atoms with Crippen LogP contribution >= 0.6 is 52.6 Å². The molecule has 12 aromatic heterocycles. The summed E-state index contributed by atoms with van der Waals surface area (Å²) < 4.78 is 129. The molecule has 0 radical (unpaired) electrons. The molecule has 66 heteroatoms. The molecule has 21 rings (SSSR count). The Morgan fingerprint density at radius 2 is 0.643 bits per heavy atom. The van der Waals surface area contributed by atoms with E-state index in [1.54, 1.807) is 50.3 Å². The maximum Gasteiger partial charge on any atom is 0.386 e. The van der Waals surface area contributed by atoms with Crippen molar-refractivity contribution in [1.29, 1.82) is 0 Å². The van der Waals surface area contributed by atoms with Crippen molar-refractivity contribution >= 4 is 197 Å². The Hall–Kier alpha value is -7.38. The highest BCUT2D eigenvalue weighted by molar-refractivity contribution is 8.44. The normalized spacial score (nSPS) is 35.4. The van der Waals surface area contributed by atoms with Gasteiger partial charge in [0.1, 0.15) is 54.9 Å². The zero-order valence-corrected chi connectivity index (χ0v) is 76.1. The summed E-state index contributed by atoms with van der Waals surface area (Å²) in [5, 5.41) is 12.9. The number of hydrogen-bond acceptors (Lipinski definition) is 45. The predicted molar refractivity (Wildman–Crippen MR) is 466 cm³/mol. The SMILES string of the molecule is Nc1nc2c(ncn2[C@@H]2O[C@@H]3COP(O)(=S)O[C@H]4C[C@H](c5cnc6c(N)ccnn56)O[C@@H]4COP(=O)(S)O[C@@H]2C3)c(=O)[nH]1.Nc1nc2c(ncn2[C@@H]2O[C@@H]3COP(O)(=S)O[C@H]4C[C@H](c5cnc6c(N)ccnn56)O[C@@H]4COP(O)(=S)O[C@@H]2C3)c(=O)[nH]1.Nc1nc2c(ncn2[C@@H]2O[C@@H]3COP(O)(=S)O[C@H]4C[C@H](c5cnc6c(N)ccnn56)O[C@@H]4COP(O)(=S)O[C@@H]2C3)c(=O)[nH]1. The second-order valence-corrected chi connectivity index (χ2v) is 47.1. The number of imidazole rings is 6. The van der Waals surface area contributed by atoms with Gasteiger partial charge in [0.25, 0.3) is 16.7 Å². The summed E-state index contributed by atoms with van der Waals surface area (Å²) in [4.78, 5) is 137. The summed E-state index contributed by atoms with van der Waals surface area (Å²) in [6.45, 7) is -24.8. The number of hydrogen-bond donors (Lipinski definition) is 15. The van der Waals surface area contributed by atoms with Gasteiger partial charge in [-0.05, 0) is 77.2 Å². The number of H-pyrrole nitrogens is 3. The molecule has 6 unspecified atom stereocenters. The van der Waals surface area contributed by atoms with Crippen molar-refractivity contribution in [2.75, 3.05) is 74.0 Å². The van der Waals surface area contributed by atoms with Crippen LogP contribution in [0.4, 0.5) is 34.9 Å². The first-order valence-electron chi connectivity index (χ1n) is 38.7. The third-order valence-electron chi connectivity index (χ3n) is 21.7. The van der Waals surface area contributed by atoms with Crippen molar-refractivity contribution in [3.05, 3.63) is 123 Å². The molecule has 690 valence electrons. The largest absolute Gasteiger partial charge is 0.396 e. The predicted octanol–water partition coefficient (Wildman–Crippen LogP) is 2.01. The van der Waals surface area contributed by atoms with E-state index in [0.29, 0.717) is 51.1 Å². The van der Waals surface area contributed by atoms with Crippen molar-refractivity contribution in [3.63, 3.8) is 0 Å². The molecule has 6 bridgehead atoms. The Kier molecular flexibility index (Phi) is 25.0. The van der Waals surface area contributed by atoms with Gasteiger partial charge in [0.15, 0.2) is 69.1 Å². The number of ether oxygens (including phenoxy) is 6. The number of aromatic nitrogens is 21. The van der Waals surface area contributed by atoms with E-state index in [1.165, 1.54) is 51.3 Å². The molecule has 9 saturated heterocycles. The first kappa shape index (κ1) is 90.8. The van der Waals surface area contributed by atoms with E-state index >= 15 is 0 Å². The summed E-state index contributed by atoms with van der Waals surface area (Å²) in [5.74, 6) is -0.387. The van der Waals surface area contributed by atoms with Crippen molar-refractivity contribution in [3.8, 4) is 0 Å². The fourth-order valence-corrected chi connectivity index (χ4v) is 24.9. The third kappa shape index (κ3) is 19.0. The van der Waals surface area contributed by atoms with Crippen LogP contribution in [-0.2, 0) is 146 Å². The first-order valence-corrected chi connectivity index (χ1v) is 54.3. The summed E-state index contributed by atoms with van der Waals surface area (Å²) >= 11 is 30.9. The highest BCUT2D eigenvalue weighted by Gasteiger charge is 2.52. The maximum absolute atomic E-state index is 13.5.